The van der Waals surface area contributed by atoms with Gasteiger partial charge in [0.1, 0.15) is 22.6 Å². The molecule has 0 unspecified atom stereocenters. The summed E-state index contributed by atoms with van der Waals surface area (Å²) in [6.07, 6.45) is 7.11. The number of hydrogen-bond acceptors (Lipinski definition) is 5. The summed E-state index contributed by atoms with van der Waals surface area (Å²) in [5.74, 6) is 0.163. The smallest absolute Gasteiger partial charge is 0.245 e. The predicted octanol–water partition coefficient (Wildman–Crippen LogP) is 2.92. The third kappa shape index (κ3) is 4.60. The van der Waals surface area contributed by atoms with Gasteiger partial charge in [-0.2, -0.15) is 4.31 Å². The maximum atomic E-state index is 14.0. The van der Waals surface area contributed by atoms with Gasteiger partial charge in [-0.3, -0.25) is 4.98 Å². The molecule has 4 rings (SSSR count). The average molecular weight is 420 g/mol. The molecule has 2 saturated heterocycles. The van der Waals surface area contributed by atoms with Gasteiger partial charge in [0.05, 0.1) is 0 Å². The largest absolute Gasteiger partial charge is 0.490 e. The standard InChI is InChI=1S/C21H26FN3O3S/c22-20-3-1-2-4-21(20)29(26,27)25-15-7-17(8-16-25)24-13-9-19(10-14-24)28-18-5-11-23-12-6-18/h1-6,11-12,17,19H,7-10,13-16H2. The maximum Gasteiger partial charge on any atom is 0.245 e. The molecule has 0 radical (unpaired) electrons. The Morgan fingerprint density at radius 3 is 2.24 bits per heavy atom. The second kappa shape index (κ2) is 8.77. The predicted molar refractivity (Wildman–Crippen MR) is 108 cm³/mol. The van der Waals surface area contributed by atoms with Gasteiger partial charge in [0.25, 0.3) is 0 Å². The highest BCUT2D eigenvalue weighted by Gasteiger charge is 2.34. The number of hydrogen-bond donors (Lipinski definition) is 0. The van der Waals surface area contributed by atoms with Gasteiger partial charge in [-0.15, -0.1) is 0 Å². The van der Waals surface area contributed by atoms with Gasteiger partial charge in [-0.25, -0.2) is 12.8 Å². The van der Waals surface area contributed by atoms with Crippen molar-refractivity contribution in [3.63, 3.8) is 0 Å². The van der Waals surface area contributed by atoms with Gasteiger partial charge < -0.3 is 9.64 Å². The van der Waals surface area contributed by atoms with Crippen molar-refractivity contribution in [1.29, 1.82) is 0 Å². The molecule has 1 aromatic carbocycles. The third-order valence-electron chi connectivity index (χ3n) is 5.82. The Kier molecular flexibility index (Phi) is 6.12. The molecular formula is C21H26FN3O3S. The van der Waals surface area contributed by atoms with Crippen molar-refractivity contribution in [2.75, 3.05) is 26.2 Å². The first-order valence-electron chi connectivity index (χ1n) is 10.1. The zero-order valence-electron chi connectivity index (χ0n) is 16.3. The Morgan fingerprint density at radius 1 is 0.931 bits per heavy atom. The minimum atomic E-state index is -3.78. The van der Waals surface area contributed by atoms with Crippen LogP contribution >= 0.6 is 0 Å². The van der Waals surface area contributed by atoms with E-state index in [9.17, 15) is 12.8 Å². The average Bonchev–Trinajstić information content (AvgIpc) is 2.75. The lowest BCUT2D eigenvalue weighted by Gasteiger charge is -2.41. The molecule has 1 aromatic heterocycles. The summed E-state index contributed by atoms with van der Waals surface area (Å²) in [5.41, 5.74) is 0. The molecule has 0 bridgehead atoms. The molecule has 2 aliphatic rings. The molecule has 0 spiro atoms. The van der Waals surface area contributed by atoms with Crippen molar-refractivity contribution >= 4 is 10.0 Å². The summed E-state index contributed by atoms with van der Waals surface area (Å²) in [6.45, 7) is 2.74. The van der Waals surface area contributed by atoms with Crippen LogP contribution < -0.4 is 4.74 Å². The molecule has 0 amide bonds. The van der Waals surface area contributed by atoms with Crippen molar-refractivity contribution in [1.82, 2.24) is 14.2 Å². The minimum absolute atomic E-state index is 0.204. The highest BCUT2D eigenvalue weighted by molar-refractivity contribution is 7.89. The monoisotopic (exact) mass is 419 g/mol. The van der Waals surface area contributed by atoms with Crippen LogP contribution in [0.2, 0.25) is 0 Å². The van der Waals surface area contributed by atoms with E-state index in [2.05, 4.69) is 9.88 Å². The van der Waals surface area contributed by atoms with Gasteiger partial charge in [0, 0.05) is 44.6 Å². The van der Waals surface area contributed by atoms with E-state index in [-0.39, 0.29) is 11.0 Å². The van der Waals surface area contributed by atoms with Crippen molar-refractivity contribution in [3.05, 3.63) is 54.6 Å². The van der Waals surface area contributed by atoms with E-state index < -0.39 is 15.8 Å². The molecule has 6 nitrogen and oxygen atoms in total. The second-order valence-corrected chi connectivity index (χ2v) is 9.51. The zero-order chi connectivity index (χ0) is 20.3. The quantitative estimate of drug-likeness (QED) is 0.746. The Morgan fingerprint density at radius 2 is 1.59 bits per heavy atom. The van der Waals surface area contributed by atoms with Crippen LogP contribution in [0.25, 0.3) is 0 Å². The zero-order valence-corrected chi connectivity index (χ0v) is 17.1. The Balaban J connectivity index is 1.29. The van der Waals surface area contributed by atoms with E-state index in [1.54, 1.807) is 18.5 Å². The highest BCUT2D eigenvalue weighted by Crippen LogP contribution is 2.27. The highest BCUT2D eigenvalue weighted by atomic mass is 32.2. The van der Waals surface area contributed by atoms with Crippen LogP contribution in [0.5, 0.6) is 5.75 Å². The van der Waals surface area contributed by atoms with E-state index in [1.165, 1.54) is 22.5 Å². The molecule has 0 atom stereocenters. The molecule has 0 N–H and O–H groups in total. The fourth-order valence-electron chi connectivity index (χ4n) is 4.21. The van der Waals surface area contributed by atoms with E-state index >= 15 is 0 Å². The number of ether oxygens (including phenoxy) is 1. The number of piperidine rings is 2. The Labute approximate surface area is 171 Å². The fraction of sp³-hybridized carbons (Fsp3) is 0.476. The Hall–Kier alpha value is -2.03. The molecule has 0 aliphatic carbocycles. The number of rotatable bonds is 5. The minimum Gasteiger partial charge on any atom is -0.490 e. The fourth-order valence-corrected chi connectivity index (χ4v) is 5.74. The third-order valence-corrected chi connectivity index (χ3v) is 7.76. The van der Waals surface area contributed by atoms with Gasteiger partial charge in [0.15, 0.2) is 0 Å². The first-order chi connectivity index (χ1) is 14.0. The van der Waals surface area contributed by atoms with E-state index in [1.807, 2.05) is 12.1 Å². The van der Waals surface area contributed by atoms with Crippen LogP contribution in [0.4, 0.5) is 4.39 Å². The van der Waals surface area contributed by atoms with Crippen LogP contribution in [0.1, 0.15) is 25.7 Å². The molecule has 2 aromatic rings. The van der Waals surface area contributed by atoms with Gasteiger partial charge >= 0.3 is 0 Å². The van der Waals surface area contributed by atoms with Crippen LogP contribution in [0.15, 0.2) is 53.7 Å². The van der Waals surface area contributed by atoms with E-state index in [4.69, 9.17) is 4.74 Å². The first kappa shape index (κ1) is 20.3. The number of aromatic nitrogens is 1. The number of likely N-dealkylation sites (tertiary alicyclic amines) is 1. The lowest BCUT2D eigenvalue weighted by atomic mass is 10.00. The number of halogens is 1. The van der Waals surface area contributed by atoms with E-state index in [0.29, 0.717) is 19.1 Å². The number of pyridine rings is 1. The first-order valence-corrected chi connectivity index (χ1v) is 11.5. The SMILES string of the molecule is O=S(=O)(c1ccccc1F)N1CCC(N2CCC(Oc3ccncc3)CC2)CC1. The molecular weight excluding hydrogens is 393 g/mol. The number of nitrogens with zero attached hydrogens (tertiary/aromatic N) is 3. The van der Waals surface area contributed by atoms with Crippen molar-refractivity contribution in [2.24, 2.45) is 0 Å². The van der Waals surface area contributed by atoms with Crippen molar-refractivity contribution < 1.29 is 17.5 Å². The van der Waals surface area contributed by atoms with Crippen LogP contribution in [0.3, 0.4) is 0 Å². The summed E-state index contributed by atoms with van der Waals surface area (Å²) in [4.78, 5) is 6.22. The maximum absolute atomic E-state index is 14.0. The van der Waals surface area contributed by atoms with Crippen molar-refractivity contribution in [3.8, 4) is 5.75 Å². The molecule has 29 heavy (non-hydrogen) atoms. The molecule has 3 heterocycles. The lowest BCUT2D eigenvalue weighted by Crippen LogP contribution is -2.50. The summed E-state index contributed by atoms with van der Waals surface area (Å²) < 4.78 is 46.9. The summed E-state index contributed by atoms with van der Waals surface area (Å²) in [5, 5.41) is 0. The lowest BCUT2D eigenvalue weighted by molar-refractivity contribution is 0.0585. The van der Waals surface area contributed by atoms with Crippen LogP contribution in [-0.4, -0.2) is 60.9 Å². The van der Waals surface area contributed by atoms with Gasteiger partial charge in [-0.05, 0) is 49.9 Å². The summed E-state index contributed by atoms with van der Waals surface area (Å²) >= 11 is 0. The number of sulfonamides is 1. The topological polar surface area (TPSA) is 62.7 Å². The van der Waals surface area contributed by atoms with Gasteiger partial charge in [0.2, 0.25) is 10.0 Å². The normalized spacial score (nSPS) is 20.6. The van der Waals surface area contributed by atoms with Crippen LogP contribution in [-0.2, 0) is 10.0 Å². The van der Waals surface area contributed by atoms with Crippen LogP contribution in [0, 0.1) is 5.82 Å². The second-order valence-electron chi connectivity index (χ2n) is 7.60. The molecule has 2 aliphatic heterocycles. The van der Waals surface area contributed by atoms with Crippen molar-refractivity contribution in [2.45, 2.75) is 42.7 Å². The Bertz CT molecular complexity index is 910. The number of benzene rings is 1. The van der Waals surface area contributed by atoms with E-state index in [0.717, 1.165) is 44.5 Å². The summed E-state index contributed by atoms with van der Waals surface area (Å²) in [7, 11) is -3.78. The molecule has 2 fully saturated rings. The summed E-state index contributed by atoms with van der Waals surface area (Å²) in [6, 6.07) is 9.70. The molecule has 0 saturated carbocycles. The molecule has 8 heteroatoms. The molecule has 156 valence electrons. The van der Waals surface area contributed by atoms with Gasteiger partial charge in [-0.1, -0.05) is 12.1 Å².